The number of carbonyl (C=O) groups is 2. The molecule has 3 aromatic carbocycles. The normalized spacial score (nSPS) is 14.0. The molecule has 1 aliphatic heterocycles. The van der Waals surface area contributed by atoms with E-state index in [0.29, 0.717) is 16.3 Å². The number of para-hydroxylation sites is 1. The minimum Gasteiger partial charge on any atom is -0.452 e. The fourth-order valence-corrected chi connectivity index (χ4v) is 3.86. The maximum atomic E-state index is 12.8. The first-order valence-electron chi connectivity index (χ1n) is 9.60. The highest BCUT2D eigenvalue weighted by atomic mass is 35.5. The number of carbonyl (C=O) groups excluding carboxylic acids is 2. The second-order valence-corrected chi connectivity index (χ2v) is 7.59. The van der Waals surface area contributed by atoms with E-state index < -0.39 is 5.97 Å². The zero-order valence-corrected chi connectivity index (χ0v) is 17.2. The van der Waals surface area contributed by atoms with E-state index >= 15 is 0 Å². The van der Waals surface area contributed by atoms with Crippen molar-refractivity contribution in [1.29, 1.82) is 0 Å². The number of hydrogen-bond acceptors (Lipinski definition) is 4. The molecule has 0 bridgehead atoms. The number of rotatable bonds is 3. The van der Waals surface area contributed by atoms with Gasteiger partial charge in [0.15, 0.2) is 5.76 Å². The molecule has 0 spiro atoms. The standard InChI is InChI=1S/C25H16ClNO4/c1-27-14-15(17-6-3-5-9-21(17)27)12-23-24(28)19-11-10-16(13-22(19)31-23)30-25(29)18-7-2-4-8-20(18)26/h2-14H,1H3. The maximum Gasteiger partial charge on any atom is 0.345 e. The van der Waals surface area contributed by atoms with E-state index in [9.17, 15) is 9.59 Å². The van der Waals surface area contributed by atoms with E-state index in [1.807, 2.05) is 42.1 Å². The molecule has 0 saturated carbocycles. The summed E-state index contributed by atoms with van der Waals surface area (Å²) in [5.41, 5.74) is 2.63. The van der Waals surface area contributed by atoms with E-state index in [0.717, 1.165) is 16.5 Å². The summed E-state index contributed by atoms with van der Waals surface area (Å²) in [5.74, 6) is 0.0399. The Morgan fingerprint density at radius 1 is 1.06 bits per heavy atom. The second-order valence-electron chi connectivity index (χ2n) is 7.18. The fourth-order valence-electron chi connectivity index (χ4n) is 3.65. The van der Waals surface area contributed by atoms with Gasteiger partial charge in [0.1, 0.15) is 11.5 Å². The largest absolute Gasteiger partial charge is 0.452 e. The first-order chi connectivity index (χ1) is 15.0. The number of allylic oxidation sites excluding steroid dienone is 1. The average molecular weight is 430 g/mol. The third-order valence-corrected chi connectivity index (χ3v) is 5.49. The minimum atomic E-state index is -0.582. The topological polar surface area (TPSA) is 57.5 Å². The Bertz CT molecular complexity index is 1400. The SMILES string of the molecule is Cn1cc(C=C2Oc3cc(OC(=O)c4ccccc4Cl)ccc3C2=O)c2ccccc21. The van der Waals surface area contributed by atoms with Gasteiger partial charge in [-0.1, -0.05) is 41.9 Å². The molecule has 0 saturated heterocycles. The number of halogens is 1. The van der Waals surface area contributed by atoms with Crippen LogP contribution in [0.1, 0.15) is 26.3 Å². The third-order valence-electron chi connectivity index (χ3n) is 5.16. The molecule has 1 aromatic heterocycles. The second kappa shape index (κ2) is 7.45. The summed E-state index contributed by atoms with van der Waals surface area (Å²) >= 11 is 6.06. The zero-order chi connectivity index (χ0) is 21.5. The fraction of sp³-hybridized carbons (Fsp3) is 0.0400. The molecule has 0 fully saturated rings. The van der Waals surface area contributed by atoms with Crippen LogP contribution in [0.4, 0.5) is 0 Å². The Morgan fingerprint density at radius 2 is 1.84 bits per heavy atom. The Hall–Kier alpha value is -3.83. The number of ether oxygens (including phenoxy) is 2. The van der Waals surface area contributed by atoms with Crippen molar-refractivity contribution >= 4 is 40.3 Å². The number of Topliss-reactive ketones (excluding diaryl/α,β-unsaturated/α-hetero) is 1. The van der Waals surface area contributed by atoms with Gasteiger partial charge in [0.25, 0.3) is 0 Å². The van der Waals surface area contributed by atoms with Crippen LogP contribution in [0.25, 0.3) is 17.0 Å². The molecule has 5 rings (SSSR count). The van der Waals surface area contributed by atoms with Crippen LogP contribution in [0.5, 0.6) is 11.5 Å². The summed E-state index contributed by atoms with van der Waals surface area (Å²) in [4.78, 5) is 25.2. The van der Waals surface area contributed by atoms with Gasteiger partial charge in [-0.15, -0.1) is 0 Å². The van der Waals surface area contributed by atoms with E-state index in [1.165, 1.54) is 6.07 Å². The Labute approximate surface area is 183 Å². The van der Waals surface area contributed by atoms with Crippen LogP contribution in [0, 0.1) is 0 Å². The van der Waals surface area contributed by atoms with Gasteiger partial charge in [0, 0.05) is 35.8 Å². The molecule has 4 aromatic rings. The number of aryl methyl sites for hydroxylation is 1. The molecule has 5 nitrogen and oxygen atoms in total. The molecular weight excluding hydrogens is 414 g/mol. The van der Waals surface area contributed by atoms with Crippen molar-refractivity contribution in [2.24, 2.45) is 7.05 Å². The van der Waals surface area contributed by atoms with Crippen LogP contribution in [0.3, 0.4) is 0 Å². The molecule has 31 heavy (non-hydrogen) atoms. The van der Waals surface area contributed by atoms with Crippen LogP contribution in [-0.4, -0.2) is 16.3 Å². The lowest BCUT2D eigenvalue weighted by molar-refractivity contribution is 0.0734. The quantitative estimate of drug-likeness (QED) is 0.239. The molecule has 0 aliphatic carbocycles. The highest BCUT2D eigenvalue weighted by Crippen LogP contribution is 2.36. The lowest BCUT2D eigenvalue weighted by atomic mass is 10.1. The predicted molar refractivity (Wildman–Crippen MR) is 119 cm³/mol. The van der Waals surface area contributed by atoms with Gasteiger partial charge < -0.3 is 14.0 Å². The number of benzene rings is 3. The molecule has 0 radical (unpaired) electrons. The number of esters is 1. The molecule has 0 unspecified atom stereocenters. The molecule has 152 valence electrons. The van der Waals surface area contributed by atoms with Crippen molar-refractivity contribution < 1.29 is 19.1 Å². The highest BCUT2D eigenvalue weighted by molar-refractivity contribution is 6.33. The Kier molecular flexibility index (Phi) is 4.60. The molecule has 0 atom stereocenters. The average Bonchev–Trinajstić information content (AvgIpc) is 3.25. The van der Waals surface area contributed by atoms with Crippen molar-refractivity contribution in [3.8, 4) is 11.5 Å². The first-order valence-corrected chi connectivity index (χ1v) is 9.98. The van der Waals surface area contributed by atoms with Gasteiger partial charge in [-0.05, 0) is 36.4 Å². The predicted octanol–water partition coefficient (Wildman–Crippen LogP) is 5.67. The van der Waals surface area contributed by atoms with Crippen LogP contribution in [0.15, 0.2) is 78.7 Å². The lowest BCUT2D eigenvalue weighted by Crippen LogP contribution is -2.09. The van der Waals surface area contributed by atoms with Gasteiger partial charge in [0.2, 0.25) is 5.78 Å². The van der Waals surface area contributed by atoms with Gasteiger partial charge in [-0.2, -0.15) is 0 Å². The lowest BCUT2D eigenvalue weighted by Gasteiger charge is -2.06. The van der Waals surface area contributed by atoms with Crippen molar-refractivity contribution in [2.75, 3.05) is 0 Å². The number of hydrogen-bond donors (Lipinski definition) is 0. The van der Waals surface area contributed by atoms with E-state index in [2.05, 4.69) is 0 Å². The molecule has 6 heteroatoms. The Balaban J connectivity index is 1.43. The Morgan fingerprint density at radius 3 is 2.68 bits per heavy atom. The summed E-state index contributed by atoms with van der Waals surface area (Å²) in [5, 5.41) is 1.33. The minimum absolute atomic E-state index is 0.216. The highest BCUT2D eigenvalue weighted by Gasteiger charge is 2.28. The number of aromatic nitrogens is 1. The van der Waals surface area contributed by atoms with E-state index in [-0.39, 0.29) is 22.9 Å². The van der Waals surface area contributed by atoms with Gasteiger partial charge in [0.05, 0.1) is 16.1 Å². The van der Waals surface area contributed by atoms with Gasteiger partial charge in [-0.3, -0.25) is 4.79 Å². The number of ketones is 1. The monoisotopic (exact) mass is 429 g/mol. The van der Waals surface area contributed by atoms with Crippen molar-refractivity contribution in [3.05, 3.63) is 100 Å². The summed E-state index contributed by atoms with van der Waals surface area (Å²) in [6.07, 6.45) is 3.69. The molecule has 0 N–H and O–H groups in total. The number of nitrogens with zero attached hydrogens (tertiary/aromatic N) is 1. The van der Waals surface area contributed by atoms with Gasteiger partial charge in [-0.25, -0.2) is 4.79 Å². The summed E-state index contributed by atoms with van der Waals surface area (Å²) in [6, 6.07) is 19.3. The molecule has 2 heterocycles. The van der Waals surface area contributed by atoms with Crippen LogP contribution in [-0.2, 0) is 7.05 Å². The third kappa shape index (κ3) is 3.39. The first kappa shape index (κ1) is 19.2. The molecular formula is C25H16ClNO4. The van der Waals surface area contributed by atoms with Crippen LogP contribution < -0.4 is 9.47 Å². The van der Waals surface area contributed by atoms with Gasteiger partial charge >= 0.3 is 5.97 Å². The van der Waals surface area contributed by atoms with Crippen LogP contribution >= 0.6 is 11.6 Å². The summed E-state index contributed by atoms with van der Waals surface area (Å²) in [6.45, 7) is 0. The molecule has 0 amide bonds. The number of fused-ring (bicyclic) bond motifs is 2. The maximum absolute atomic E-state index is 12.8. The van der Waals surface area contributed by atoms with Crippen molar-refractivity contribution in [1.82, 2.24) is 4.57 Å². The van der Waals surface area contributed by atoms with E-state index in [1.54, 1.807) is 42.5 Å². The summed E-state index contributed by atoms with van der Waals surface area (Å²) in [7, 11) is 1.95. The van der Waals surface area contributed by atoms with Crippen molar-refractivity contribution in [2.45, 2.75) is 0 Å². The smallest absolute Gasteiger partial charge is 0.345 e. The van der Waals surface area contributed by atoms with Crippen molar-refractivity contribution in [3.63, 3.8) is 0 Å². The van der Waals surface area contributed by atoms with Crippen LogP contribution in [0.2, 0.25) is 5.02 Å². The van der Waals surface area contributed by atoms with E-state index in [4.69, 9.17) is 21.1 Å². The summed E-state index contributed by atoms with van der Waals surface area (Å²) < 4.78 is 13.2. The molecule has 1 aliphatic rings. The zero-order valence-electron chi connectivity index (χ0n) is 16.5.